The van der Waals surface area contributed by atoms with Crippen LogP contribution in [0.25, 0.3) is 0 Å². The van der Waals surface area contributed by atoms with Crippen molar-refractivity contribution in [3.8, 4) is 0 Å². The van der Waals surface area contributed by atoms with Gasteiger partial charge in [-0.1, -0.05) is 54.4 Å². The highest BCUT2D eigenvalue weighted by atomic mass is 35.5. The third-order valence-corrected chi connectivity index (χ3v) is 2.73. The molecular formula is C10H10Cl2O2. The van der Waals surface area contributed by atoms with E-state index in [4.69, 9.17) is 28.3 Å². The molecule has 14 heavy (non-hydrogen) atoms. The molecule has 1 aromatic rings. The van der Waals surface area contributed by atoms with Gasteiger partial charge in [-0.2, -0.15) is 0 Å². The largest absolute Gasteiger partial charge is 0.479 e. The minimum Gasteiger partial charge on any atom is -0.479 e. The van der Waals surface area contributed by atoms with Crippen LogP contribution in [0, 0.1) is 0 Å². The summed E-state index contributed by atoms with van der Waals surface area (Å²) in [5, 5.41) is 8.79. The van der Waals surface area contributed by atoms with Crippen molar-refractivity contribution >= 4 is 29.2 Å². The number of benzene rings is 1. The third-order valence-electron chi connectivity index (χ3n) is 1.97. The summed E-state index contributed by atoms with van der Waals surface area (Å²) < 4.78 is -1.86. The highest BCUT2D eigenvalue weighted by Crippen LogP contribution is 2.34. The predicted molar refractivity (Wildman–Crippen MR) is 56.8 cm³/mol. The molecule has 0 saturated carbocycles. The zero-order valence-corrected chi connectivity index (χ0v) is 9.14. The lowest BCUT2D eigenvalue weighted by Crippen LogP contribution is -2.22. The fourth-order valence-corrected chi connectivity index (χ4v) is 1.35. The van der Waals surface area contributed by atoms with E-state index in [1.54, 1.807) is 18.2 Å². The van der Waals surface area contributed by atoms with E-state index in [-0.39, 0.29) is 0 Å². The summed E-state index contributed by atoms with van der Waals surface area (Å²) in [5.41, 5.74) is 1.40. The van der Waals surface area contributed by atoms with Crippen molar-refractivity contribution in [2.75, 3.05) is 0 Å². The molecule has 0 bridgehead atoms. The van der Waals surface area contributed by atoms with Crippen molar-refractivity contribution in [2.45, 2.75) is 17.7 Å². The van der Waals surface area contributed by atoms with Gasteiger partial charge in [0, 0.05) is 0 Å². The van der Waals surface area contributed by atoms with E-state index in [2.05, 4.69) is 0 Å². The zero-order chi connectivity index (χ0) is 10.8. The molecule has 0 radical (unpaired) electrons. The Bertz CT molecular complexity index is 348. The molecule has 0 spiro atoms. The highest BCUT2D eigenvalue weighted by Gasteiger charge is 2.35. The number of carboxylic acid groups (broad SMARTS) is 1. The average Bonchev–Trinajstić information content (AvgIpc) is 2.17. The highest BCUT2D eigenvalue weighted by molar-refractivity contribution is 6.56. The van der Waals surface area contributed by atoms with Gasteiger partial charge in [-0.05, 0) is 17.5 Å². The Morgan fingerprint density at radius 1 is 1.50 bits per heavy atom. The first kappa shape index (κ1) is 11.3. The number of carboxylic acids is 1. The molecule has 0 aliphatic carbocycles. The van der Waals surface area contributed by atoms with E-state index in [1.165, 1.54) is 0 Å². The summed E-state index contributed by atoms with van der Waals surface area (Å²) in [6.45, 7) is 1.98. The SMILES string of the molecule is CCc1cccc(C(Cl)(Cl)C(=O)O)c1. The van der Waals surface area contributed by atoms with E-state index >= 15 is 0 Å². The molecule has 76 valence electrons. The van der Waals surface area contributed by atoms with Crippen molar-refractivity contribution in [2.24, 2.45) is 0 Å². The molecule has 0 fully saturated rings. The van der Waals surface area contributed by atoms with E-state index < -0.39 is 10.3 Å². The molecule has 0 saturated heterocycles. The molecule has 2 nitrogen and oxygen atoms in total. The second kappa shape index (κ2) is 4.20. The van der Waals surface area contributed by atoms with Crippen LogP contribution in [0.5, 0.6) is 0 Å². The van der Waals surface area contributed by atoms with Gasteiger partial charge in [0.15, 0.2) is 0 Å². The molecule has 0 aliphatic rings. The first-order chi connectivity index (χ1) is 6.48. The lowest BCUT2D eigenvalue weighted by Gasteiger charge is -2.15. The molecule has 0 atom stereocenters. The summed E-state index contributed by atoms with van der Waals surface area (Å²) in [4.78, 5) is 10.8. The Morgan fingerprint density at radius 2 is 2.14 bits per heavy atom. The first-order valence-electron chi connectivity index (χ1n) is 4.19. The molecule has 0 aromatic heterocycles. The molecule has 0 unspecified atom stereocenters. The molecule has 0 aliphatic heterocycles. The molecular weight excluding hydrogens is 223 g/mol. The summed E-state index contributed by atoms with van der Waals surface area (Å²) >= 11 is 11.4. The van der Waals surface area contributed by atoms with Gasteiger partial charge < -0.3 is 5.11 Å². The summed E-state index contributed by atoms with van der Waals surface area (Å²) in [6, 6.07) is 6.95. The summed E-state index contributed by atoms with van der Waals surface area (Å²) in [7, 11) is 0. The predicted octanol–water partition coefficient (Wildman–Crippen LogP) is 2.96. The fraction of sp³-hybridized carbons (Fsp3) is 0.300. The van der Waals surface area contributed by atoms with Crippen LogP contribution >= 0.6 is 23.2 Å². The van der Waals surface area contributed by atoms with Crippen molar-refractivity contribution in [3.63, 3.8) is 0 Å². The van der Waals surface area contributed by atoms with E-state index in [0.29, 0.717) is 5.56 Å². The number of carbonyl (C=O) groups is 1. The van der Waals surface area contributed by atoms with Crippen molar-refractivity contribution in [3.05, 3.63) is 35.4 Å². The van der Waals surface area contributed by atoms with Crippen LogP contribution < -0.4 is 0 Å². The Hall–Kier alpha value is -0.730. The van der Waals surface area contributed by atoms with Crippen LogP contribution in [-0.4, -0.2) is 11.1 Å². The van der Waals surface area contributed by atoms with Gasteiger partial charge in [-0.3, -0.25) is 0 Å². The van der Waals surface area contributed by atoms with Crippen molar-refractivity contribution < 1.29 is 9.90 Å². The minimum atomic E-state index is -1.86. The standard InChI is InChI=1S/C10H10Cl2O2/c1-2-7-4-3-5-8(6-7)10(11,12)9(13)14/h3-6H,2H2,1H3,(H,13,14). The van der Waals surface area contributed by atoms with Gasteiger partial charge in [0.25, 0.3) is 0 Å². The van der Waals surface area contributed by atoms with Crippen LogP contribution in [0.1, 0.15) is 18.1 Å². The fourth-order valence-electron chi connectivity index (χ4n) is 1.11. The van der Waals surface area contributed by atoms with Crippen LogP contribution in [0.4, 0.5) is 0 Å². The van der Waals surface area contributed by atoms with Gasteiger partial charge in [-0.25, -0.2) is 4.79 Å². The quantitative estimate of drug-likeness (QED) is 0.815. The average molecular weight is 233 g/mol. The number of hydrogen-bond acceptors (Lipinski definition) is 1. The number of halogens is 2. The molecule has 1 N–H and O–H groups in total. The minimum absolute atomic E-state index is 0.396. The molecule has 1 rings (SSSR count). The third kappa shape index (κ3) is 2.20. The molecule has 0 heterocycles. The maximum atomic E-state index is 10.8. The molecule has 1 aromatic carbocycles. The first-order valence-corrected chi connectivity index (χ1v) is 4.94. The number of rotatable bonds is 3. The lowest BCUT2D eigenvalue weighted by atomic mass is 10.1. The number of aryl methyl sites for hydroxylation is 1. The van der Waals surface area contributed by atoms with Gasteiger partial charge in [0.2, 0.25) is 4.33 Å². The number of alkyl halides is 2. The lowest BCUT2D eigenvalue weighted by molar-refractivity contribution is -0.138. The van der Waals surface area contributed by atoms with Crippen LogP contribution in [-0.2, 0) is 15.5 Å². The summed E-state index contributed by atoms with van der Waals surface area (Å²) in [6.07, 6.45) is 0.817. The van der Waals surface area contributed by atoms with Gasteiger partial charge in [-0.15, -0.1) is 0 Å². The van der Waals surface area contributed by atoms with Crippen LogP contribution in [0.15, 0.2) is 24.3 Å². The molecule has 4 heteroatoms. The van der Waals surface area contributed by atoms with Gasteiger partial charge >= 0.3 is 5.97 Å². The smallest absolute Gasteiger partial charge is 0.344 e. The van der Waals surface area contributed by atoms with E-state index in [1.807, 2.05) is 13.0 Å². The zero-order valence-electron chi connectivity index (χ0n) is 7.63. The number of hydrogen-bond donors (Lipinski definition) is 1. The van der Waals surface area contributed by atoms with E-state index in [9.17, 15) is 4.79 Å². The second-order valence-corrected chi connectivity index (χ2v) is 4.26. The second-order valence-electron chi connectivity index (χ2n) is 2.93. The molecule has 0 amide bonds. The number of aliphatic carboxylic acids is 1. The van der Waals surface area contributed by atoms with Crippen molar-refractivity contribution in [1.29, 1.82) is 0 Å². The van der Waals surface area contributed by atoms with Gasteiger partial charge in [0.1, 0.15) is 0 Å². The van der Waals surface area contributed by atoms with Gasteiger partial charge in [0.05, 0.1) is 0 Å². The Labute approximate surface area is 92.5 Å². The Kier molecular flexibility index (Phi) is 3.40. The summed E-state index contributed by atoms with van der Waals surface area (Å²) in [5.74, 6) is -1.26. The Balaban J connectivity index is 3.12. The van der Waals surface area contributed by atoms with Crippen LogP contribution in [0.3, 0.4) is 0 Å². The maximum absolute atomic E-state index is 10.8. The normalized spacial score (nSPS) is 11.4. The maximum Gasteiger partial charge on any atom is 0.344 e. The monoisotopic (exact) mass is 232 g/mol. The topological polar surface area (TPSA) is 37.3 Å². The van der Waals surface area contributed by atoms with E-state index in [0.717, 1.165) is 12.0 Å². The Morgan fingerprint density at radius 3 is 2.64 bits per heavy atom. The van der Waals surface area contributed by atoms with Crippen LogP contribution in [0.2, 0.25) is 0 Å². The van der Waals surface area contributed by atoms with Crippen molar-refractivity contribution in [1.82, 2.24) is 0 Å².